The summed E-state index contributed by atoms with van der Waals surface area (Å²) in [6.45, 7) is 8.76. The molecule has 2 aliphatic rings. The molecule has 2 heteroatoms. The van der Waals surface area contributed by atoms with Gasteiger partial charge in [0.1, 0.15) is 0 Å². The summed E-state index contributed by atoms with van der Waals surface area (Å²) in [5.74, 6) is 1.97. The summed E-state index contributed by atoms with van der Waals surface area (Å²) >= 11 is 0. The van der Waals surface area contributed by atoms with Gasteiger partial charge in [-0.1, -0.05) is 39.0 Å². The molecule has 0 radical (unpaired) electrons. The Hall–Kier alpha value is -0.0800. The number of nitrogens with one attached hydrogen (secondary N) is 1. The van der Waals surface area contributed by atoms with E-state index in [1.807, 2.05) is 0 Å². The van der Waals surface area contributed by atoms with Crippen molar-refractivity contribution in [3.63, 3.8) is 0 Å². The second-order valence-electron chi connectivity index (χ2n) is 6.45. The number of likely N-dealkylation sites (tertiary alicyclic amines) is 1. The standard InChI is InChI=1S/C16H32N2/c1-2-10-17-13-16-9-12-18(14-16)11-8-15-6-4-3-5-7-15/h15-17H,2-14H2,1H3. The lowest BCUT2D eigenvalue weighted by molar-refractivity contribution is 0.259. The van der Waals surface area contributed by atoms with Crippen LogP contribution in [0.1, 0.15) is 58.3 Å². The molecule has 2 fully saturated rings. The van der Waals surface area contributed by atoms with E-state index in [0.717, 1.165) is 11.8 Å². The van der Waals surface area contributed by atoms with E-state index in [-0.39, 0.29) is 0 Å². The third-order valence-electron chi connectivity index (χ3n) is 4.81. The third kappa shape index (κ3) is 4.89. The van der Waals surface area contributed by atoms with Gasteiger partial charge in [0.25, 0.3) is 0 Å². The molecule has 0 amide bonds. The zero-order valence-electron chi connectivity index (χ0n) is 12.3. The normalized spacial score (nSPS) is 26.8. The average molecular weight is 252 g/mol. The first kappa shape index (κ1) is 14.3. The van der Waals surface area contributed by atoms with E-state index in [1.165, 1.54) is 84.1 Å². The van der Waals surface area contributed by atoms with Crippen molar-refractivity contribution in [2.24, 2.45) is 11.8 Å². The van der Waals surface area contributed by atoms with Crippen molar-refractivity contribution in [3.05, 3.63) is 0 Å². The molecule has 0 bridgehead atoms. The Morgan fingerprint density at radius 3 is 2.67 bits per heavy atom. The zero-order chi connectivity index (χ0) is 12.6. The molecule has 0 aromatic rings. The smallest absolute Gasteiger partial charge is 0.00223 e. The van der Waals surface area contributed by atoms with Crippen LogP contribution >= 0.6 is 0 Å². The van der Waals surface area contributed by atoms with E-state index in [1.54, 1.807) is 0 Å². The van der Waals surface area contributed by atoms with Crippen molar-refractivity contribution in [1.29, 1.82) is 0 Å². The van der Waals surface area contributed by atoms with Gasteiger partial charge >= 0.3 is 0 Å². The molecule has 18 heavy (non-hydrogen) atoms. The Morgan fingerprint density at radius 2 is 1.89 bits per heavy atom. The zero-order valence-corrected chi connectivity index (χ0v) is 12.3. The van der Waals surface area contributed by atoms with Crippen LogP contribution < -0.4 is 5.32 Å². The Balaban J connectivity index is 1.54. The predicted octanol–water partition coefficient (Wildman–Crippen LogP) is 3.28. The molecular weight excluding hydrogens is 220 g/mol. The number of nitrogens with zero attached hydrogens (tertiary/aromatic N) is 1. The highest BCUT2D eigenvalue weighted by Gasteiger charge is 2.22. The fourth-order valence-electron chi connectivity index (χ4n) is 3.61. The van der Waals surface area contributed by atoms with Crippen LogP contribution in [0.15, 0.2) is 0 Å². The van der Waals surface area contributed by atoms with Crippen LogP contribution in [0.25, 0.3) is 0 Å². The number of hydrogen-bond donors (Lipinski definition) is 1. The number of rotatable bonds is 7. The van der Waals surface area contributed by atoms with Gasteiger partial charge in [-0.05, 0) is 57.3 Å². The molecule has 1 aliphatic carbocycles. The lowest BCUT2D eigenvalue weighted by Gasteiger charge is -2.24. The van der Waals surface area contributed by atoms with E-state index in [4.69, 9.17) is 0 Å². The second-order valence-corrected chi connectivity index (χ2v) is 6.45. The third-order valence-corrected chi connectivity index (χ3v) is 4.81. The molecule has 1 aliphatic heterocycles. The Kier molecular flexibility index (Phi) is 6.50. The molecule has 1 atom stereocenters. The topological polar surface area (TPSA) is 15.3 Å². The van der Waals surface area contributed by atoms with E-state index in [2.05, 4.69) is 17.1 Å². The van der Waals surface area contributed by atoms with E-state index in [9.17, 15) is 0 Å². The minimum Gasteiger partial charge on any atom is -0.316 e. The second kappa shape index (κ2) is 8.16. The van der Waals surface area contributed by atoms with Crippen LogP contribution in [-0.2, 0) is 0 Å². The molecule has 1 unspecified atom stereocenters. The lowest BCUT2D eigenvalue weighted by Crippen LogP contribution is -2.28. The molecule has 106 valence electrons. The fraction of sp³-hybridized carbons (Fsp3) is 1.00. The fourth-order valence-corrected chi connectivity index (χ4v) is 3.61. The molecule has 1 N–H and O–H groups in total. The van der Waals surface area contributed by atoms with Gasteiger partial charge in [-0.3, -0.25) is 0 Å². The summed E-state index contributed by atoms with van der Waals surface area (Å²) < 4.78 is 0. The van der Waals surface area contributed by atoms with Crippen molar-refractivity contribution in [3.8, 4) is 0 Å². The highest BCUT2D eigenvalue weighted by Crippen LogP contribution is 2.27. The van der Waals surface area contributed by atoms with Crippen molar-refractivity contribution in [2.45, 2.75) is 58.3 Å². The Bertz CT molecular complexity index is 211. The SMILES string of the molecule is CCCNCC1CCN(CCC2CCCCC2)C1. The predicted molar refractivity (Wildman–Crippen MR) is 78.9 cm³/mol. The molecule has 2 nitrogen and oxygen atoms in total. The summed E-state index contributed by atoms with van der Waals surface area (Å²) in [6.07, 6.45) is 11.6. The van der Waals surface area contributed by atoms with Crippen molar-refractivity contribution in [2.75, 3.05) is 32.7 Å². The molecule has 0 spiro atoms. The molecule has 1 saturated carbocycles. The molecule has 1 saturated heterocycles. The Morgan fingerprint density at radius 1 is 1.06 bits per heavy atom. The van der Waals surface area contributed by atoms with Crippen molar-refractivity contribution in [1.82, 2.24) is 10.2 Å². The highest BCUT2D eigenvalue weighted by molar-refractivity contribution is 4.78. The quantitative estimate of drug-likeness (QED) is 0.700. The maximum Gasteiger partial charge on any atom is 0.00223 e. The lowest BCUT2D eigenvalue weighted by atomic mass is 9.87. The van der Waals surface area contributed by atoms with Crippen LogP contribution in [0, 0.1) is 11.8 Å². The minimum absolute atomic E-state index is 0.919. The molecule has 1 heterocycles. The van der Waals surface area contributed by atoms with Crippen LogP contribution in [0.5, 0.6) is 0 Å². The monoisotopic (exact) mass is 252 g/mol. The van der Waals surface area contributed by atoms with Gasteiger partial charge in [0.05, 0.1) is 0 Å². The van der Waals surface area contributed by atoms with Crippen LogP contribution in [0.2, 0.25) is 0 Å². The van der Waals surface area contributed by atoms with Gasteiger partial charge in [-0.15, -0.1) is 0 Å². The first-order chi connectivity index (χ1) is 8.88. The van der Waals surface area contributed by atoms with Crippen LogP contribution in [0.3, 0.4) is 0 Å². The van der Waals surface area contributed by atoms with Crippen molar-refractivity contribution >= 4 is 0 Å². The maximum atomic E-state index is 3.58. The van der Waals surface area contributed by atoms with Crippen LogP contribution in [0.4, 0.5) is 0 Å². The average Bonchev–Trinajstić information content (AvgIpc) is 2.86. The van der Waals surface area contributed by atoms with Gasteiger partial charge in [-0.2, -0.15) is 0 Å². The maximum absolute atomic E-state index is 3.58. The first-order valence-corrected chi connectivity index (χ1v) is 8.31. The van der Waals surface area contributed by atoms with Gasteiger partial charge in [0.2, 0.25) is 0 Å². The van der Waals surface area contributed by atoms with E-state index >= 15 is 0 Å². The minimum atomic E-state index is 0.919. The molecule has 0 aromatic carbocycles. The molecular formula is C16H32N2. The summed E-state index contributed by atoms with van der Waals surface area (Å²) in [4.78, 5) is 2.72. The van der Waals surface area contributed by atoms with Gasteiger partial charge in [0, 0.05) is 6.54 Å². The highest BCUT2D eigenvalue weighted by atomic mass is 15.1. The van der Waals surface area contributed by atoms with Gasteiger partial charge < -0.3 is 10.2 Å². The Labute approximate surface area is 114 Å². The van der Waals surface area contributed by atoms with Crippen LogP contribution in [-0.4, -0.2) is 37.6 Å². The molecule has 0 aromatic heterocycles. The van der Waals surface area contributed by atoms with E-state index in [0.29, 0.717) is 0 Å². The first-order valence-electron chi connectivity index (χ1n) is 8.31. The summed E-state index contributed by atoms with van der Waals surface area (Å²) in [5.41, 5.74) is 0. The summed E-state index contributed by atoms with van der Waals surface area (Å²) in [7, 11) is 0. The van der Waals surface area contributed by atoms with Crippen molar-refractivity contribution < 1.29 is 0 Å². The largest absolute Gasteiger partial charge is 0.316 e. The van der Waals surface area contributed by atoms with Gasteiger partial charge in [0.15, 0.2) is 0 Å². The summed E-state index contributed by atoms with van der Waals surface area (Å²) in [5, 5.41) is 3.58. The number of hydrogen-bond acceptors (Lipinski definition) is 2. The molecule has 2 rings (SSSR count). The summed E-state index contributed by atoms with van der Waals surface area (Å²) in [6, 6.07) is 0. The van der Waals surface area contributed by atoms with E-state index < -0.39 is 0 Å². The van der Waals surface area contributed by atoms with Gasteiger partial charge in [-0.25, -0.2) is 0 Å².